The van der Waals surface area contributed by atoms with Crippen LogP contribution in [0.25, 0.3) is 0 Å². The fourth-order valence-corrected chi connectivity index (χ4v) is 4.68. The number of hydrogen-bond acceptors (Lipinski definition) is 3. The van der Waals surface area contributed by atoms with E-state index in [4.69, 9.17) is 0 Å². The van der Waals surface area contributed by atoms with E-state index < -0.39 is 0 Å². The standard InChI is InChI=1S/C13H21BrN2S/c1-13(2,16-7-4-5-8-16)12(15-3)11-10(14)6-9-17-11/h6,9,12,15H,4-5,7-8H2,1-3H3. The van der Waals surface area contributed by atoms with Crippen molar-refractivity contribution in [1.82, 2.24) is 10.2 Å². The molecule has 0 spiro atoms. The summed E-state index contributed by atoms with van der Waals surface area (Å²) < 4.78 is 1.23. The predicted molar refractivity (Wildman–Crippen MR) is 78.7 cm³/mol. The van der Waals surface area contributed by atoms with Gasteiger partial charge in [-0.1, -0.05) is 0 Å². The average molecular weight is 317 g/mol. The monoisotopic (exact) mass is 316 g/mol. The normalized spacial score (nSPS) is 19.8. The Bertz CT molecular complexity index is 369. The van der Waals surface area contributed by atoms with Gasteiger partial charge in [0, 0.05) is 14.9 Å². The van der Waals surface area contributed by atoms with Crippen LogP contribution in [-0.4, -0.2) is 30.6 Å². The van der Waals surface area contributed by atoms with E-state index in [2.05, 4.69) is 58.5 Å². The highest BCUT2D eigenvalue weighted by Crippen LogP contribution is 2.39. The third-order valence-electron chi connectivity index (χ3n) is 3.82. The molecular weight excluding hydrogens is 296 g/mol. The molecule has 1 aromatic heterocycles. The number of likely N-dealkylation sites (tertiary alicyclic amines) is 1. The van der Waals surface area contributed by atoms with Gasteiger partial charge in [-0.15, -0.1) is 11.3 Å². The van der Waals surface area contributed by atoms with Gasteiger partial charge in [0.1, 0.15) is 0 Å². The van der Waals surface area contributed by atoms with Crippen LogP contribution in [0, 0.1) is 0 Å². The van der Waals surface area contributed by atoms with E-state index in [0.29, 0.717) is 6.04 Å². The third kappa shape index (κ3) is 2.60. The van der Waals surface area contributed by atoms with Gasteiger partial charge in [-0.3, -0.25) is 4.90 Å². The Morgan fingerprint density at radius 1 is 1.41 bits per heavy atom. The summed E-state index contributed by atoms with van der Waals surface area (Å²) in [6.07, 6.45) is 2.68. The van der Waals surface area contributed by atoms with Gasteiger partial charge < -0.3 is 5.32 Å². The van der Waals surface area contributed by atoms with E-state index in [9.17, 15) is 0 Å². The molecule has 0 saturated carbocycles. The molecule has 4 heteroatoms. The largest absolute Gasteiger partial charge is 0.311 e. The van der Waals surface area contributed by atoms with Crippen LogP contribution < -0.4 is 5.32 Å². The van der Waals surface area contributed by atoms with Crippen LogP contribution in [-0.2, 0) is 0 Å². The molecule has 1 saturated heterocycles. The smallest absolute Gasteiger partial charge is 0.0605 e. The van der Waals surface area contributed by atoms with Gasteiger partial charge in [-0.2, -0.15) is 0 Å². The van der Waals surface area contributed by atoms with E-state index in [1.165, 1.54) is 35.3 Å². The summed E-state index contributed by atoms with van der Waals surface area (Å²) >= 11 is 5.49. The van der Waals surface area contributed by atoms with E-state index in [-0.39, 0.29) is 5.54 Å². The number of halogens is 1. The second kappa shape index (κ2) is 5.39. The van der Waals surface area contributed by atoms with Crippen molar-refractivity contribution >= 4 is 27.3 Å². The number of likely N-dealkylation sites (N-methyl/N-ethyl adjacent to an activating group) is 1. The van der Waals surface area contributed by atoms with Crippen molar-refractivity contribution in [1.29, 1.82) is 0 Å². The van der Waals surface area contributed by atoms with Gasteiger partial charge in [0.2, 0.25) is 0 Å². The van der Waals surface area contributed by atoms with Crippen LogP contribution in [0.4, 0.5) is 0 Å². The maximum absolute atomic E-state index is 3.66. The molecule has 0 amide bonds. The molecule has 1 unspecified atom stereocenters. The van der Waals surface area contributed by atoms with E-state index >= 15 is 0 Å². The summed E-state index contributed by atoms with van der Waals surface area (Å²) in [7, 11) is 2.06. The molecule has 1 aliphatic rings. The minimum absolute atomic E-state index is 0.165. The molecule has 2 rings (SSSR count). The Morgan fingerprint density at radius 3 is 2.53 bits per heavy atom. The average Bonchev–Trinajstić information content (AvgIpc) is 2.91. The number of hydrogen-bond donors (Lipinski definition) is 1. The van der Waals surface area contributed by atoms with Crippen LogP contribution in [0.3, 0.4) is 0 Å². The molecule has 1 N–H and O–H groups in total. The van der Waals surface area contributed by atoms with Crippen molar-refractivity contribution in [3.05, 3.63) is 20.8 Å². The van der Waals surface area contributed by atoms with Crippen molar-refractivity contribution in [3.63, 3.8) is 0 Å². The lowest BCUT2D eigenvalue weighted by molar-refractivity contribution is 0.112. The Kier molecular flexibility index (Phi) is 4.29. The van der Waals surface area contributed by atoms with Gasteiger partial charge in [0.25, 0.3) is 0 Å². The molecular formula is C13H21BrN2S. The highest BCUT2D eigenvalue weighted by molar-refractivity contribution is 9.10. The summed E-state index contributed by atoms with van der Waals surface area (Å²) in [5, 5.41) is 5.66. The first-order valence-electron chi connectivity index (χ1n) is 6.22. The Labute approximate surface area is 117 Å². The quantitative estimate of drug-likeness (QED) is 0.912. The van der Waals surface area contributed by atoms with E-state index in [1.807, 2.05) is 11.3 Å². The summed E-state index contributed by atoms with van der Waals surface area (Å²) in [6, 6.07) is 2.53. The molecule has 1 atom stereocenters. The summed E-state index contributed by atoms with van der Waals surface area (Å²) in [5.41, 5.74) is 0.165. The molecule has 0 bridgehead atoms. The fourth-order valence-electron chi connectivity index (χ4n) is 2.79. The molecule has 0 aromatic carbocycles. The third-order valence-corrected chi connectivity index (χ3v) is 5.76. The minimum atomic E-state index is 0.165. The first-order chi connectivity index (χ1) is 8.07. The SMILES string of the molecule is CNC(c1sccc1Br)C(C)(C)N1CCCC1. The lowest BCUT2D eigenvalue weighted by Gasteiger charge is -2.42. The number of nitrogens with one attached hydrogen (secondary N) is 1. The molecule has 1 aliphatic heterocycles. The van der Waals surface area contributed by atoms with Crippen molar-refractivity contribution < 1.29 is 0 Å². The van der Waals surface area contributed by atoms with Gasteiger partial charge >= 0.3 is 0 Å². The molecule has 2 heterocycles. The Hall–Kier alpha value is 0.1000. The number of thiophene rings is 1. The molecule has 0 radical (unpaired) electrons. The molecule has 0 aliphatic carbocycles. The highest BCUT2D eigenvalue weighted by atomic mass is 79.9. The van der Waals surface area contributed by atoms with Gasteiger partial charge in [-0.05, 0) is 74.2 Å². The summed E-state index contributed by atoms with van der Waals surface area (Å²) in [6.45, 7) is 7.17. The zero-order valence-electron chi connectivity index (χ0n) is 10.8. The maximum atomic E-state index is 3.66. The maximum Gasteiger partial charge on any atom is 0.0605 e. The lowest BCUT2D eigenvalue weighted by Crippen LogP contribution is -2.50. The molecule has 96 valence electrons. The lowest BCUT2D eigenvalue weighted by atomic mass is 9.91. The van der Waals surface area contributed by atoms with Crippen LogP contribution >= 0.6 is 27.3 Å². The number of rotatable bonds is 4. The van der Waals surface area contributed by atoms with Crippen LogP contribution in [0.1, 0.15) is 37.6 Å². The van der Waals surface area contributed by atoms with Crippen LogP contribution in [0.5, 0.6) is 0 Å². The minimum Gasteiger partial charge on any atom is -0.311 e. The van der Waals surface area contributed by atoms with E-state index in [1.54, 1.807) is 0 Å². The zero-order valence-corrected chi connectivity index (χ0v) is 13.2. The molecule has 2 nitrogen and oxygen atoms in total. The Balaban J connectivity index is 2.25. The van der Waals surface area contributed by atoms with Gasteiger partial charge in [0.15, 0.2) is 0 Å². The van der Waals surface area contributed by atoms with Crippen LogP contribution in [0.2, 0.25) is 0 Å². The number of nitrogens with zero attached hydrogens (tertiary/aromatic N) is 1. The highest BCUT2D eigenvalue weighted by Gasteiger charge is 2.38. The predicted octanol–water partition coefficient (Wildman–Crippen LogP) is 3.65. The fraction of sp³-hybridized carbons (Fsp3) is 0.692. The molecule has 1 aromatic rings. The molecule has 17 heavy (non-hydrogen) atoms. The first-order valence-corrected chi connectivity index (χ1v) is 7.90. The van der Waals surface area contributed by atoms with Crippen molar-refractivity contribution in [2.45, 2.75) is 38.3 Å². The molecule has 1 fully saturated rings. The zero-order chi connectivity index (χ0) is 12.5. The topological polar surface area (TPSA) is 15.3 Å². The summed E-state index contributed by atoms with van der Waals surface area (Å²) in [5.74, 6) is 0. The van der Waals surface area contributed by atoms with Gasteiger partial charge in [0.05, 0.1) is 6.04 Å². The van der Waals surface area contributed by atoms with Gasteiger partial charge in [-0.25, -0.2) is 0 Å². The van der Waals surface area contributed by atoms with Crippen molar-refractivity contribution in [2.75, 3.05) is 20.1 Å². The second-order valence-electron chi connectivity index (χ2n) is 5.20. The van der Waals surface area contributed by atoms with Crippen LogP contribution in [0.15, 0.2) is 15.9 Å². The van der Waals surface area contributed by atoms with Crippen molar-refractivity contribution in [2.24, 2.45) is 0 Å². The van der Waals surface area contributed by atoms with Crippen molar-refractivity contribution in [3.8, 4) is 0 Å². The second-order valence-corrected chi connectivity index (χ2v) is 7.00. The summed E-state index contributed by atoms with van der Waals surface area (Å²) in [4.78, 5) is 4.02. The van der Waals surface area contributed by atoms with E-state index in [0.717, 1.165) is 0 Å². The Morgan fingerprint density at radius 2 is 2.06 bits per heavy atom. The first kappa shape index (κ1) is 13.5.